The van der Waals surface area contributed by atoms with Gasteiger partial charge >= 0.3 is 15.4 Å². The lowest BCUT2D eigenvalue weighted by atomic mass is 10.1. The van der Waals surface area contributed by atoms with Gasteiger partial charge in [-0.1, -0.05) is 0 Å². The Morgan fingerprint density at radius 2 is 1.71 bits per heavy atom. The van der Waals surface area contributed by atoms with Crippen LogP contribution in [0, 0.1) is 0 Å². The van der Waals surface area contributed by atoms with Crippen molar-refractivity contribution in [2.24, 2.45) is 0 Å². The lowest BCUT2D eigenvalue weighted by molar-refractivity contribution is -0.159. The number of hydrogen-bond donors (Lipinski definition) is 6. The molecule has 0 aliphatic carbocycles. The molecule has 3 saturated heterocycles. The van der Waals surface area contributed by atoms with Crippen molar-refractivity contribution in [2.75, 3.05) is 24.4 Å². The molecule has 3 aliphatic rings. The Morgan fingerprint density at radius 3 is 2.49 bits per heavy atom. The number of nitrogens with two attached hydrogens (primary N) is 2. The van der Waals surface area contributed by atoms with Gasteiger partial charge in [0, 0.05) is 0 Å². The van der Waals surface area contributed by atoms with E-state index in [-0.39, 0.29) is 34.1 Å². The molecule has 0 amide bonds. The van der Waals surface area contributed by atoms with E-state index in [1.165, 1.54) is 10.9 Å². The minimum atomic E-state index is -5.21. The van der Waals surface area contributed by atoms with E-state index in [0.717, 1.165) is 17.2 Å². The fourth-order valence-corrected chi connectivity index (χ4v) is 7.17. The first-order valence-corrected chi connectivity index (χ1v) is 16.1. The van der Waals surface area contributed by atoms with E-state index < -0.39 is 83.3 Å². The SMILES string of the molecule is Nc1nc2c(ncn2[C@@H]2O[C@@H]3OCP(=O)(O)OC4C(O)[C@H](n5cnc6c(N)ncnc65)O[C@@H]4COP(=O)(O)OC2C3F)c(=O)[nH]1. The van der Waals surface area contributed by atoms with Gasteiger partial charge in [0.1, 0.15) is 30.2 Å². The van der Waals surface area contributed by atoms with Gasteiger partial charge in [0.05, 0.1) is 19.3 Å². The highest BCUT2D eigenvalue weighted by molar-refractivity contribution is 7.52. The van der Waals surface area contributed by atoms with Crippen LogP contribution in [0.4, 0.5) is 16.2 Å². The predicted molar refractivity (Wildman–Crippen MR) is 142 cm³/mol. The third-order valence-electron chi connectivity index (χ3n) is 7.17. The van der Waals surface area contributed by atoms with Crippen molar-refractivity contribution in [3.63, 3.8) is 0 Å². The Hall–Kier alpha value is -3.47. The number of anilines is 2. The Bertz CT molecular complexity index is 1940. The Morgan fingerprint density at radius 1 is 0.978 bits per heavy atom. The molecule has 0 radical (unpaired) electrons. The van der Waals surface area contributed by atoms with E-state index in [2.05, 4.69) is 29.9 Å². The number of nitrogens with zero attached hydrogens (tertiary/aromatic N) is 7. The van der Waals surface area contributed by atoms with Crippen LogP contribution >= 0.6 is 15.4 Å². The maximum Gasteiger partial charge on any atom is 0.472 e. The van der Waals surface area contributed by atoms with Gasteiger partial charge in [-0.3, -0.25) is 37.0 Å². The van der Waals surface area contributed by atoms with Gasteiger partial charge in [-0.15, -0.1) is 0 Å². The summed E-state index contributed by atoms with van der Waals surface area (Å²) in [6, 6.07) is 0. The van der Waals surface area contributed by atoms with Crippen LogP contribution in [-0.4, -0.2) is 104 Å². The first kappa shape index (κ1) is 30.2. The third kappa shape index (κ3) is 5.30. The lowest BCUT2D eigenvalue weighted by Gasteiger charge is -2.25. The topological polar surface area (TPSA) is 309 Å². The van der Waals surface area contributed by atoms with Crippen LogP contribution < -0.4 is 17.0 Å². The smallest absolute Gasteiger partial charge is 0.386 e. The normalized spacial score (nSPS) is 37.7. The van der Waals surface area contributed by atoms with Crippen LogP contribution in [0.3, 0.4) is 0 Å². The summed E-state index contributed by atoms with van der Waals surface area (Å²) in [5.74, 6) is -0.294. The van der Waals surface area contributed by atoms with Gasteiger partial charge in [0.15, 0.2) is 60.0 Å². The molecule has 10 atom stereocenters. The summed E-state index contributed by atoms with van der Waals surface area (Å²) in [7, 11) is -10.1. The quantitative estimate of drug-likeness (QED) is 0.133. The van der Waals surface area contributed by atoms with Gasteiger partial charge in [-0.05, 0) is 0 Å². The van der Waals surface area contributed by atoms with Crippen LogP contribution in [0.2, 0.25) is 0 Å². The summed E-state index contributed by atoms with van der Waals surface area (Å²) in [5.41, 5.74) is 10.6. The Balaban J connectivity index is 1.21. The van der Waals surface area contributed by atoms with Crippen LogP contribution in [0.5, 0.6) is 0 Å². The van der Waals surface area contributed by atoms with E-state index >= 15 is 4.39 Å². The second-order valence-electron chi connectivity index (χ2n) is 10.1. The number of nitrogen functional groups attached to an aromatic ring is 2. The van der Waals surface area contributed by atoms with Gasteiger partial charge in [-0.25, -0.2) is 28.9 Å². The van der Waals surface area contributed by atoms with E-state index in [9.17, 15) is 28.8 Å². The molecule has 0 aromatic carbocycles. The van der Waals surface area contributed by atoms with Crippen LogP contribution in [-0.2, 0) is 36.9 Å². The molecule has 4 aromatic rings. The van der Waals surface area contributed by atoms with Crippen molar-refractivity contribution >= 4 is 49.5 Å². The molecule has 0 saturated carbocycles. The molecule has 22 nitrogen and oxygen atoms in total. The number of aromatic amines is 1. The standard InChI is InChI=1S/C20H23FN10O12P2/c21-7-12-18(31-4-27-9-15(31)28-20(23)29-16(9)33)41-19(7)38-5-44(34,35)42-11-6(1-39-45(36,37)43-12)40-17(10(11)32)30-3-26-8-13(22)24-2-25-14(8)30/h2-4,6-7,10-12,17-19,32H,1,5H2,(H,34,35)(H,36,37)(H2,22,24,25)(H3,23,28,29,33)/t6-,7?,10?,11?,12?,17-,18-,19+/m1/s1. The molecule has 7 heterocycles. The fourth-order valence-electron chi connectivity index (χ4n) is 5.21. The van der Waals surface area contributed by atoms with Crippen molar-refractivity contribution in [1.29, 1.82) is 0 Å². The number of alkyl halides is 1. The monoisotopic (exact) mass is 676 g/mol. The molecule has 6 unspecified atom stereocenters. The zero-order valence-corrected chi connectivity index (χ0v) is 24.1. The number of aromatic nitrogens is 8. The number of H-pyrrole nitrogens is 1. The second kappa shape index (κ2) is 10.8. The molecular formula is C20H23FN10O12P2. The number of fused-ring (bicyclic) bond motifs is 5. The number of halogens is 1. The number of imidazole rings is 2. The number of aliphatic hydroxyl groups is 1. The summed E-state index contributed by atoms with van der Waals surface area (Å²) < 4.78 is 76.3. The average Bonchev–Trinajstić information content (AvgIpc) is 3.72. The van der Waals surface area contributed by atoms with Gasteiger partial charge < -0.3 is 40.6 Å². The molecule has 3 fully saturated rings. The van der Waals surface area contributed by atoms with E-state index in [1.54, 1.807) is 0 Å². The maximum atomic E-state index is 15.7. The van der Waals surface area contributed by atoms with Crippen molar-refractivity contribution in [1.82, 2.24) is 39.0 Å². The summed E-state index contributed by atoms with van der Waals surface area (Å²) in [5, 5.41) is 11.1. The number of phosphoric acid groups is 1. The fraction of sp³-hybridized carbons (Fsp3) is 0.500. The average molecular weight is 676 g/mol. The van der Waals surface area contributed by atoms with E-state index in [4.69, 9.17) is 39.2 Å². The highest BCUT2D eigenvalue weighted by Crippen LogP contribution is 2.53. The van der Waals surface area contributed by atoms with Crippen molar-refractivity contribution in [2.45, 2.75) is 49.3 Å². The highest BCUT2D eigenvalue weighted by Gasteiger charge is 2.54. The molecule has 8 N–H and O–H groups in total. The van der Waals surface area contributed by atoms with Crippen LogP contribution in [0.25, 0.3) is 22.3 Å². The molecule has 242 valence electrons. The lowest BCUT2D eigenvalue weighted by Crippen LogP contribution is -2.36. The number of phosphoric ester groups is 1. The maximum absolute atomic E-state index is 15.7. The van der Waals surface area contributed by atoms with Gasteiger partial charge in [-0.2, -0.15) is 4.98 Å². The first-order valence-electron chi connectivity index (χ1n) is 12.9. The minimum absolute atomic E-state index is 0.0276. The molecule has 2 bridgehead atoms. The van der Waals surface area contributed by atoms with Crippen LogP contribution in [0.15, 0.2) is 23.8 Å². The van der Waals surface area contributed by atoms with E-state index in [1.807, 2.05) is 0 Å². The highest BCUT2D eigenvalue weighted by atomic mass is 31.2. The predicted octanol–water partition coefficient (Wildman–Crippen LogP) is -1.36. The molecule has 3 aliphatic heterocycles. The number of hydrogen-bond acceptors (Lipinski definition) is 17. The minimum Gasteiger partial charge on any atom is -0.386 e. The molecule has 4 aromatic heterocycles. The molecule has 25 heteroatoms. The second-order valence-corrected chi connectivity index (χ2v) is 13.2. The molecule has 7 rings (SSSR count). The van der Waals surface area contributed by atoms with E-state index in [0.29, 0.717) is 0 Å². The van der Waals surface area contributed by atoms with Crippen molar-refractivity contribution in [3.05, 3.63) is 29.3 Å². The number of ether oxygens (including phenoxy) is 3. The van der Waals surface area contributed by atoms with Gasteiger partial charge in [0.2, 0.25) is 5.95 Å². The zero-order chi connectivity index (χ0) is 31.8. The summed E-state index contributed by atoms with van der Waals surface area (Å²) in [6.07, 6.45) is -12.0. The van der Waals surface area contributed by atoms with Crippen LogP contribution in [0.1, 0.15) is 12.5 Å². The first-order chi connectivity index (χ1) is 21.3. The number of aliphatic hydroxyl groups excluding tert-OH is 1. The number of rotatable bonds is 2. The number of nitrogens with one attached hydrogen (secondary N) is 1. The third-order valence-corrected chi connectivity index (χ3v) is 9.20. The summed E-state index contributed by atoms with van der Waals surface area (Å²) >= 11 is 0. The molecule has 0 spiro atoms. The van der Waals surface area contributed by atoms with Crippen molar-refractivity contribution in [3.8, 4) is 0 Å². The Kier molecular flexibility index (Phi) is 7.26. The van der Waals surface area contributed by atoms with Gasteiger partial charge in [0.25, 0.3) is 5.56 Å². The summed E-state index contributed by atoms with van der Waals surface area (Å²) in [4.78, 5) is 55.6. The molecular weight excluding hydrogens is 653 g/mol. The largest absolute Gasteiger partial charge is 0.472 e. The van der Waals surface area contributed by atoms with Crippen molar-refractivity contribution < 1.29 is 56.2 Å². The Labute approximate surface area is 248 Å². The molecule has 45 heavy (non-hydrogen) atoms. The zero-order valence-electron chi connectivity index (χ0n) is 22.3. The summed E-state index contributed by atoms with van der Waals surface area (Å²) in [6.45, 7) is -0.864.